The van der Waals surface area contributed by atoms with Crippen LogP contribution in [0.25, 0.3) is 0 Å². The molecule has 0 aromatic heterocycles. The van der Waals surface area contributed by atoms with Crippen molar-refractivity contribution in [1.82, 2.24) is 10.2 Å². The molecule has 0 spiro atoms. The lowest BCUT2D eigenvalue weighted by Crippen LogP contribution is -2.51. The van der Waals surface area contributed by atoms with Gasteiger partial charge >= 0.3 is 0 Å². The Kier molecular flexibility index (Phi) is 4.66. The molecule has 2 rings (SSSR count). The number of hydrogen-bond acceptors (Lipinski definition) is 3. The first kappa shape index (κ1) is 14.2. The zero-order valence-corrected chi connectivity index (χ0v) is 12.0. The number of amides is 1. The topological polar surface area (TPSA) is 41.6 Å². The number of benzene rings is 1. The molecule has 1 atom stereocenters. The van der Waals surface area contributed by atoms with Crippen molar-refractivity contribution in [3.63, 3.8) is 0 Å². The molecule has 0 bridgehead atoms. The smallest absolute Gasteiger partial charge is 0.257 e. The first-order chi connectivity index (χ1) is 9.11. The SMILES string of the molecule is CCOc1cc(Cl)ccc1C(=O)N1CCN[C@H](C)C1. The van der Waals surface area contributed by atoms with Crippen LogP contribution in [-0.2, 0) is 0 Å². The lowest BCUT2D eigenvalue weighted by molar-refractivity contribution is 0.0705. The van der Waals surface area contributed by atoms with Gasteiger partial charge in [-0.1, -0.05) is 11.6 Å². The van der Waals surface area contributed by atoms with Crippen LogP contribution in [0.15, 0.2) is 18.2 Å². The van der Waals surface area contributed by atoms with Crippen LogP contribution in [0.1, 0.15) is 24.2 Å². The van der Waals surface area contributed by atoms with Crippen molar-refractivity contribution in [2.75, 3.05) is 26.2 Å². The van der Waals surface area contributed by atoms with Gasteiger partial charge in [0.15, 0.2) is 0 Å². The molecular formula is C14H19ClN2O2. The van der Waals surface area contributed by atoms with E-state index < -0.39 is 0 Å². The van der Waals surface area contributed by atoms with Crippen molar-refractivity contribution >= 4 is 17.5 Å². The standard InChI is InChI=1S/C14H19ClN2O2/c1-3-19-13-8-11(15)4-5-12(13)14(18)17-7-6-16-10(2)9-17/h4-5,8,10,16H,3,6-7,9H2,1-2H3/t10-/m1/s1. The Hall–Kier alpha value is -1.26. The second kappa shape index (κ2) is 6.26. The van der Waals surface area contributed by atoms with Crippen LogP contribution in [0, 0.1) is 0 Å². The number of hydrogen-bond donors (Lipinski definition) is 1. The minimum atomic E-state index is 0.00784. The van der Waals surface area contributed by atoms with Crippen LogP contribution in [0.5, 0.6) is 5.75 Å². The van der Waals surface area contributed by atoms with E-state index in [1.807, 2.05) is 11.8 Å². The minimum Gasteiger partial charge on any atom is -0.493 e. The molecular weight excluding hydrogens is 264 g/mol. The van der Waals surface area contributed by atoms with Crippen molar-refractivity contribution in [3.8, 4) is 5.75 Å². The van der Waals surface area contributed by atoms with Crippen molar-refractivity contribution < 1.29 is 9.53 Å². The predicted octanol–water partition coefficient (Wildman–Crippen LogP) is 2.17. The van der Waals surface area contributed by atoms with E-state index in [0.717, 1.165) is 13.1 Å². The molecule has 0 saturated carbocycles. The number of piperazine rings is 1. The summed E-state index contributed by atoms with van der Waals surface area (Å²) in [5, 5.41) is 3.90. The fraction of sp³-hybridized carbons (Fsp3) is 0.500. The van der Waals surface area contributed by atoms with E-state index in [4.69, 9.17) is 16.3 Å². The molecule has 1 N–H and O–H groups in total. The molecule has 1 aromatic rings. The summed E-state index contributed by atoms with van der Waals surface area (Å²) >= 11 is 5.95. The quantitative estimate of drug-likeness (QED) is 0.924. The van der Waals surface area contributed by atoms with Crippen molar-refractivity contribution in [2.24, 2.45) is 0 Å². The van der Waals surface area contributed by atoms with E-state index in [-0.39, 0.29) is 5.91 Å². The van der Waals surface area contributed by atoms with Gasteiger partial charge in [-0.3, -0.25) is 4.79 Å². The monoisotopic (exact) mass is 282 g/mol. The van der Waals surface area contributed by atoms with Gasteiger partial charge < -0.3 is 15.0 Å². The number of rotatable bonds is 3. The van der Waals surface area contributed by atoms with Gasteiger partial charge in [-0.25, -0.2) is 0 Å². The van der Waals surface area contributed by atoms with Gasteiger partial charge in [-0.15, -0.1) is 0 Å². The van der Waals surface area contributed by atoms with Crippen molar-refractivity contribution in [3.05, 3.63) is 28.8 Å². The molecule has 1 aliphatic rings. The van der Waals surface area contributed by atoms with Crippen LogP contribution in [0.4, 0.5) is 0 Å². The highest BCUT2D eigenvalue weighted by Gasteiger charge is 2.24. The van der Waals surface area contributed by atoms with Crippen LogP contribution in [0.2, 0.25) is 5.02 Å². The van der Waals surface area contributed by atoms with Gasteiger partial charge in [0.25, 0.3) is 5.91 Å². The Bertz CT molecular complexity index is 465. The Balaban J connectivity index is 2.22. The molecule has 0 aliphatic carbocycles. The Morgan fingerprint density at radius 3 is 3.05 bits per heavy atom. The van der Waals surface area contributed by atoms with Gasteiger partial charge in [0, 0.05) is 30.7 Å². The fourth-order valence-electron chi connectivity index (χ4n) is 2.23. The highest BCUT2D eigenvalue weighted by molar-refractivity contribution is 6.30. The van der Waals surface area contributed by atoms with Gasteiger partial charge in [0.1, 0.15) is 5.75 Å². The maximum absolute atomic E-state index is 12.5. The van der Waals surface area contributed by atoms with E-state index in [1.54, 1.807) is 18.2 Å². The Morgan fingerprint density at radius 2 is 2.37 bits per heavy atom. The number of halogens is 1. The fourth-order valence-corrected chi connectivity index (χ4v) is 2.40. The van der Waals surface area contributed by atoms with E-state index in [2.05, 4.69) is 12.2 Å². The third-order valence-electron chi connectivity index (χ3n) is 3.13. The Labute approximate surface area is 118 Å². The molecule has 19 heavy (non-hydrogen) atoms. The molecule has 104 valence electrons. The highest BCUT2D eigenvalue weighted by atomic mass is 35.5. The molecule has 0 radical (unpaired) electrons. The predicted molar refractivity (Wildman–Crippen MR) is 76.0 cm³/mol. The van der Waals surface area contributed by atoms with Gasteiger partial charge in [0.2, 0.25) is 0 Å². The lowest BCUT2D eigenvalue weighted by Gasteiger charge is -2.32. The van der Waals surface area contributed by atoms with Crippen LogP contribution in [-0.4, -0.2) is 43.1 Å². The second-order valence-corrected chi connectivity index (χ2v) is 5.12. The van der Waals surface area contributed by atoms with E-state index in [9.17, 15) is 4.79 Å². The van der Waals surface area contributed by atoms with E-state index in [0.29, 0.717) is 35.5 Å². The van der Waals surface area contributed by atoms with Gasteiger partial charge in [-0.2, -0.15) is 0 Å². The summed E-state index contributed by atoms with van der Waals surface area (Å²) in [4.78, 5) is 14.4. The molecule has 4 nitrogen and oxygen atoms in total. The van der Waals surface area contributed by atoms with Gasteiger partial charge in [0.05, 0.1) is 12.2 Å². The number of nitrogens with one attached hydrogen (secondary N) is 1. The van der Waals surface area contributed by atoms with Crippen molar-refractivity contribution in [1.29, 1.82) is 0 Å². The number of carbonyl (C=O) groups excluding carboxylic acids is 1. The Morgan fingerprint density at radius 1 is 1.58 bits per heavy atom. The summed E-state index contributed by atoms with van der Waals surface area (Å²) in [6.45, 7) is 6.74. The summed E-state index contributed by atoms with van der Waals surface area (Å²) in [5.74, 6) is 0.569. The molecule has 1 saturated heterocycles. The largest absolute Gasteiger partial charge is 0.493 e. The number of carbonyl (C=O) groups is 1. The van der Waals surface area contributed by atoms with E-state index >= 15 is 0 Å². The summed E-state index contributed by atoms with van der Waals surface area (Å²) in [6, 6.07) is 5.48. The molecule has 0 unspecified atom stereocenters. The molecule has 1 heterocycles. The third kappa shape index (κ3) is 3.39. The average Bonchev–Trinajstić information content (AvgIpc) is 2.39. The lowest BCUT2D eigenvalue weighted by atomic mass is 10.1. The van der Waals surface area contributed by atoms with Crippen LogP contribution in [0.3, 0.4) is 0 Å². The van der Waals surface area contributed by atoms with Crippen LogP contribution >= 0.6 is 11.6 Å². The first-order valence-electron chi connectivity index (χ1n) is 6.56. The summed E-state index contributed by atoms with van der Waals surface area (Å²) in [6.07, 6.45) is 0. The third-order valence-corrected chi connectivity index (χ3v) is 3.36. The highest BCUT2D eigenvalue weighted by Crippen LogP contribution is 2.25. The summed E-state index contributed by atoms with van der Waals surface area (Å²) in [7, 11) is 0. The minimum absolute atomic E-state index is 0.00784. The molecule has 1 aromatic carbocycles. The summed E-state index contributed by atoms with van der Waals surface area (Å²) < 4.78 is 5.51. The molecule has 5 heteroatoms. The second-order valence-electron chi connectivity index (χ2n) is 4.68. The molecule has 1 amide bonds. The molecule has 1 aliphatic heterocycles. The zero-order chi connectivity index (χ0) is 13.8. The normalized spacial score (nSPS) is 19.3. The maximum Gasteiger partial charge on any atom is 0.257 e. The molecule has 1 fully saturated rings. The maximum atomic E-state index is 12.5. The zero-order valence-electron chi connectivity index (χ0n) is 11.3. The van der Waals surface area contributed by atoms with Gasteiger partial charge in [-0.05, 0) is 32.0 Å². The van der Waals surface area contributed by atoms with E-state index in [1.165, 1.54) is 0 Å². The first-order valence-corrected chi connectivity index (χ1v) is 6.94. The van der Waals surface area contributed by atoms with Crippen molar-refractivity contribution in [2.45, 2.75) is 19.9 Å². The number of ether oxygens (including phenoxy) is 1. The van der Waals surface area contributed by atoms with Crippen LogP contribution < -0.4 is 10.1 Å². The number of nitrogens with zero attached hydrogens (tertiary/aromatic N) is 1. The average molecular weight is 283 g/mol. The summed E-state index contributed by atoms with van der Waals surface area (Å²) in [5.41, 5.74) is 0.584.